The lowest BCUT2D eigenvalue weighted by molar-refractivity contribution is -0.117. The maximum atomic E-state index is 12.2. The third-order valence-electron chi connectivity index (χ3n) is 6.28. The molecule has 1 aliphatic heterocycles. The van der Waals surface area contributed by atoms with Crippen LogP contribution >= 0.6 is 22.9 Å². The lowest BCUT2D eigenvalue weighted by Gasteiger charge is -2.33. The molecule has 1 amide bonds. The van der Waals surface area contributed by atoms with Crippen molar-refractivity contribution in [2.24, 2.45) is 5.92 Å². The van der Waals surface area contributed by atoms with E-state index in [1.807, 2.05) is 35.7 Å². The Morgan fingerprint density at radius 3 is 2.66 bits per heavy atom. The number of rotatable bonds is 6. The molecule has 0 spiro atoms. The number of hydrogen-bond acceptors (Lipinski definition) is 3. The number of benzene rings is 1. The van der Waals surface area contributed by atoms with E-state index in [1.165, 1.54) is 44.5 Å². The molecule has 29 heavy (non-hydrogen) atoms. The summed E-state index contributed by atoms with van der Waals surface area (Å²) in [7, 11) is 0. The third kappa shape index (κ3) is 5.94. The first-order valence-corrected chi connectivity index (χ1v) is 11.9. The van der Waals surface area contributed by atoms with Crippen LogP contribution in [0.2, 0.25) is 5.02 Å². The summed E-state index contributed by atoms with van der Waals surface area (Å²) in [6.45, 7) is 3.51. The smallest absolute Gasteiger partial charge is 0.244 e. The van der Waals surface area contributed by atoms with Crippen LogP contribution in [0.15, 0.2) is 47.9 Å². The summed E-state index contributed by atoms with van der Waals surface area (Å²) in [5.41, 5.74) is 1.42. The SMILES string of the molecule is O=C(/C=C/c1cccs1)N[C@@H]1CC[C@H](CN2CCC(c3ccc(Cl)cc3)CC2)C1. The molecule has 2 fully saturated rings. The van der Waals surface area contributed by atoms with E-state index in [0.717, 1.165) is 22.7 Å². The summed E-state index contributed by atoms with van der Waals surface area (Å²) < 4.78 is 0. The fourth-order valence-corrected chi connectivity index (χ4v) is 5.46. The van der Waals surface area contributed by atoms with Crippen LogP contribution in [0.25, 0.3) is 6.08 Å². The van der Waals surface area contributed by atoms with Crippen LogP contribution < -0.4 is 5.32 Å². The maximum absolute atomic E-state index is 12.2. The first-order valence-electron chi connectivity index (χ1n) is 10.7. The van der Waals surface area contributed by atoms with Crippen LogP contribution in [0.4, 0.5) is 0 Å². The first kappa shape index (κ1) is 20.6. The van der Waals surface area contributed by atoms with Gasteiger partial charge in [0.05, 0.1) is 0 Å². The van der Waals surface area contributed by atoms with Gasteiger partial charge in [0, 0.05) is 28.6 Å². The van der Waals surface area contributed by atoms with Gasteiger partial charge in [-0.15, -0.1) is 11.3 Å². The van der Waals surface area contributed by atoms with Gasteiger partial charge in [-0.25, -0.2) is 0 Å². The van der Waals surface area contributed by atoms with E-state index < -0.39 is 0 Å². The number of amides is 1. The van der Waals surface area contributed by atoms with Gasteiger partial charge in [0.1, 0.15) is 0 Å². The first-order chi connectivity index (χ1) is 14.2. The Hall–Kier alpha value is -1.62. The van der Waals surface area contributed by atoms with E-state index in [0.29, 0.717) is 17.9 Å². The van der Waals surface area contributed by atoms with Gasteiger partial charge < -0.3 is 10.2 Å². The highest BCUT2D eigenvalue weighted by Gasteiger charge is 2.28. The fraction of sp³-hybridized carbons (Fsp3) is 0.458. The zero-order valence-corrected chi connectivity index (χ0v) is 18.3. The number of likely N-dealkylation sites (tertiary alicyclic amines) is 1. The molecule has 0 radical (unpaired) electrons. The Kier molecular flexibility index (Phi) is 7.06. The average Bonchev–Trinajstić information content (AvgIpc) is 3.40. The maximum Gasteiger partial charge on any atom is 0.244 e. The van der Waals surface area contributed by atoms with Gasteiger partial charge in [0.25, 0.3) is 0 Å². The second-order valence-corrected chi connectivity index (χ2v) is 9.78. The standard InChI is InChI=1S/C24H29ClN2OS/c25-21-6-4-19(5-7-21)20-11-13-27(14-12-20)17-18-3-8-22(16-18)26-24(28)10-9-23-2-1-15-29-23/h1-2,4-7,9-10,15,18,20,22H,3,8,11-14,16-17H2,(H,26,28)/b10-9+/t18-,22+/m0/s1. The lowest BCUT2D eigenvalue weighted by Crippen LogP contribution is -2.37. The predicted molar refractivity (Wildman–Crippen MR) is 122 cm³/mol. The summed E-state index contributed by atoms with van der Waals surface area (Å²) in [6, 6.07) is 12.7. The zero-order valence-electron chi connectivity index (χ0n) is 16.7. The minimum absolute atomic E-state index is 0.0350. The van der Waals surface area contributed by atoms with Gasteiger partial charge in [0.2, 0.25) is 5.91 Å². The monoisotopic (exact) mass is 428 g/mol. The van der Waals surface area contributed by atoms with Crippen LogP contribution in [0.5, 0.6) is 0 Å². The minimum atomic E-state index is 0.0350. The molecule has 3 nitrogen and oxygen atoms in total. The second-order valence-electron chi connectivity index (χ2n) is 8.36. The van der Waals surface area contributed by atoms with Crippen LogP contribution in [0.1, 0.15) is 48.5 Å². The molecule has 0 bridgehead atoms. The second kappa shape index (κ2) is 9.92. The van der Waals surface area contributed by atoms with Crippen molar-refractivity contribution in [2.45, 2.75) is 44.1 Å². The molecule has 5 heteroatoms. The third-order valence-corrected chi connectivity index (χ3v) is 7.36. The van der Waals surface area contributed by atoms with Crippen molar-refractivity contribution >= 4 is 34.9 Å². The zero-order chi connectivity index (χ0) is 20.1. The number of nitrogens with zero attached hydrogens (tertiary/aromatic N) is 1. The van der Waals surface area contributed by atoms with Gasteiger partial charge >= 0.3 is 0 Å². The van der Waals surface area contributed by atoms with Crippen LogP contribution in [-0.4, -0.2) is 36.5 Å². The number of piperidine rings is 1. The van der Waals surface area contributed by atoms with Crippen molar-refractivity contribution in [3.63, 3.8) is 0 Å². The van der Waals surface area contributed by atoms with Crippen molar-refractivity contribution in [3.05, 3.63) is 63.3 Å². The van der Waals surface area contributed by atoms with E-state index in [1.54, 1.807) is 17.4 Å². The molecular formula is C24H29ClN2OS. The molecule has 2 atom stereocenters. The van der Waals surface area contributed by atoms with Crippen LogP contribution in [0, 0.1) is 5.92 Å². The summed E-state index contributed by atoms with van der Waals surface area (Å²) in [6.07, 6.45) is 9.44. The van der Waals surface area contributed by atoms with Crippen LogP contribution in [-0.2, 0) is 4.79 Å². The van der Waals surface area contributed by atoms with Crippen molar-refractivity contribution in [1.82, 2.24) is 10.2 Å². The summed E-state index contributed by atoms with van der Waals surface area (Å²) >= 11 is 7.66. The largest absolute Gasteiger partial charge is 0.350 e. The normalized spacial score (nSPS) is 23.6. The Morgan fingerprint density at radius 2 is 1.93 bits per heavy atom. The van der Waals surface area contributed by atoms with E-state index in [4.69, 9.17) is 11.6 Å². The van der Waals surface area contributed by atoms with Gasteiger partial charge in [0.15, 0.2) is 0 Å². The van der Waals surface area contributed by atoms with Crippen molar-refractivity contribution < 1.29 is 4.79 Å². The highest BCUT2D eigenvalue weighted by atomic mass is 35.5. The molecule has 1 aromatic carbocycles. The number of thiophene rings is 1. The molecule has 2 aliphatic rings. The van der Waals surface area contributed by atoms with Gasteiger partial charge in [-0.3, -0.25) is 4.79 Å². The summed E-state index contributed by atoms with van der Waals surface area (Å²) in [5.74, 6) is 1.40. The number of hydrogen-bond donors (Lipinski definition) is 1. The molecule has 154 valence electrons. The quantitative estimate of drug-likeness (QED) is 0.609. The van der Waals surface area contributed by atoms with Gasteiger partial charge in [-0.1, -0.05) is 29.8 Å². The predicted octanol–water partition coefficient (Wildman–Crippen LogP) is 5.58. The Labute approximate surface area is 182 Å². The van der Waals surface area contributed by atoms with Gasteiger partial charge in [-0.05, 0) is 92.2 Å². The molecule has 1 aliphatic carbocycles. The topological polar surface area (TPSA) is 32.3 Å². The molecule has 1 N–H and O–H groups in total. The molecule has 1 saturated carbocycles. The van der Waals surface area contributed by atoms with Crippen LogP contribution in [0.3, 0.4) is 0 Å². The number of nitrogens with one attached hydrogen (secondary N) is 1. The minimum Gasteiger partial charge on any atom is -0.350 e. The molecule has 2 aromatic rings. The number of carbonyl (C=O) groups excluding carboxylic acids is 1. The molecule has 1 saturated heterocycles. The molecule has 0 unspecified atom stereocenters. The highest BCUT2D eigenvalue weighted by Crippen LogP contribution is 2.31. The summed E-state index contributed by atoms with van der Waals surface area (Å²) in [4.78, 5) is 15.9. The highest BCUT2D eigenvalue weighted by molar-refractivity contribution is 7.10. The summed E-state index contributed by atoms with van der Waals surface area (Å²) in [5, 5.41) is 6.03. The Bertz CT molecular complexity index is 810. The molecule has 1 aromatic heterocycles. The fourth-order valence-electron chi connectivity index (χ4n) is 4.71. The average molecular weight is 429 g/mol. The van der Waals surface area contributed by atoms with E-state index in [2.05, 4.69) is 22.3 Å². The van der Waals surface area contributed by atoms with E-state index in [-0.39, 0.29) is 5.91 Å². The van der Waals surface area contributed by atoms with Gasteiger partial charge in [-0.2, -0.15) is 0 Å². The van der Waals surface area contributed by atoms with E-state index >= 15 is 0 Å². The number of halogens is 1. The number of carbonyl (C=O) groups is 1. The Morgan fingerprint density at radius 1 is 1.14 bits per heavy atom. The lowest BCUT2D eigenvalue weighted by atomic mass is 9.89. The Balaban J connectivity index is 1.18. The molecule has 4 rings (SSSR count). The van der Waals surface area contributed by atoms with Crippen molar-refractivity contribution in [2.75, 3.05) is 19.6 Å². The van der Waals surface area contributed by atoms with Crippen molar-refractivity contribution in [1.29, 1.82) is 0 Å². The van der Waals surface area contributed by atoms with E-state index in [9.17, 15) is 4.79 Å². The molecule has 2 heterocycles. The molecular weight excluding hydrogens is 400 g/mol. The van der Waals surface area contributed by atoms with Crippen molar-refractivity contribution in [3.8, 4) is 0 Å².